The molecule has 0 radical (unpaired) electrons. The molecule has 34 heavy (non-hydrogen) atoms. The maximum absolute atomic E-state index is 13.6. The van der Waals surface area contributed by atoms with Crippen LogP contribution < -0.4 is 4.46 Å². The molecule has 2 aromatic rings. The van der Waals surface area contributed by atoms with E-state index < -0.39 is 17.9 Å². The van der Waals surface area contributed by atoms with E-state index in [2.05, 4.69) is 12.1 Å². The summed E-state index contributed by atoms with van der Waals surface area (Å²) < 4.78 is 18.2. The van der Waals surface area contributed by atoms with Crippen LogP contribution in [0.3, 0.4) is 0 Å². The molecular formula is C27H31NO5Se. The Kier molecular flexibility index (Phi) is 7.17. The fraction of sp³-hybridized carbons (Fsp3) is 0.407. The first-order chi connectivity index (χ1) is 16.2. The van der Waals surface area contributed by atoms with Crippen molar-refractivity contribution in [2.24, 2.45) is 5.92 Å². The predicted octanol–water partition coefficient (Wildman–Crippen LogP) is 3.91. The number of rotatable bonds is 5. The minimum absolute atomic E-state index is 0.00308. The van der Waals surface area contributed by atoms with E-state index in [0.717, 1.165) is 5.56 Å². The van der Waals surface area contributed by atoms with Gasteiger partial charge >= 0.3 is 208 Å². The molecular weight excluding hydrogens is 497 g/mol. The zero-order valence-electron chi connectivity index (χ0n) is 20.1. The molecule has 1 amide bonds. The fourth-order valence-electron chi connectivity index (χ4n) is 4.88. The molecule has 0 N–H and O–H groups in total. The number of amides is 1. The summed E-state index contributed by atoms with van der Waals surface area (Å²) in [7, 11) is 2.98. The summed E-state index contributed by atoms with van der Waals surface area (Å²) in [5.41, 5.74) is 0.937. The molecule has 1 saturated heterocycles. The van der Waals surface area contributed by atoms with Gasteiger partial charge < -0.3 is 0 Å². The normalized spacial score (nSPS) is 26.1. The third-order valence-corrected chi connectivity index (χ3v) is 9.06. The molecule has 2 aliphatic rings. The summed E-state index contributed by atoms with van der Waals surface area (Å²) in [4.78, 5) is 28.3. The average Bonchev–Trinajstić information content (AvgIpc) is 3.03. The van der Waals surface area contributed by atoms with E-state index in [9.17, 15) is 9.59 Å². The number of likely N-dealkylation sites (tertiary alicyclic amines) is 1. The summed E-state index contributed by atoms with van der Waals surface area (Å²) in [5, 5.41) is 0. The standard InChI is InChI=1S/C27H31NO5Se/c1-27(2,3)33-26(30)28-22-19(17-12-8-6-9-13-17)16-20(25(29)32-5)21(24(28)31-4)23(22)34-18-14-10-7-11-15-18/h6-16,19,21-24H,1-5H3. The molecule has 6 nitrogen and oxygen atoms in total. The van der Waals surface area contributed by atoms with Crippen LogP contribution >= 0.6 is 0 Å². The first-order valence-corrected chi connectivity index (χ1v) is 13.2. The van der Waals surface area contributed by atoms with Crippen LogP contribution in [-0.4, -0.2) is 64.0 Å². The number of hydrogen-bond acceptors (Lipinski definition) is 5. The average molecular weight is 529 g/mol. The molecule has 1 fully saturated rings. The van der Waals surface area contributed by atoms with Crippen LogP contribution in [0.25, 0.3) is 0 Å². The molecule has 180 valence electrons. The fourth-order valence-corrected chi connectivity index (χ4v) is 8.02. The van der Waals surface area contributed by atoms with E-state index >= 15 is 0 Å². The Labute approximate surface area is 207 Å². The van der Waals surface area contributed by atoms with E-state index in [0.29, 0.717) is 5.57 Å². The van der Waals surface area contributed by atoms with Crippen molar-refractivity contribution >= 4 is 31.5 Å². The quantitative estimate of drug-likeness (QED) is 0.435. The number of carbonyl (C=O) groups is 2. The molecule has 0 aromatic heterocycles. The van der Waals surface area contributed by atoms with Gasteiger partial charge in [-0.25, -0.2) is 0 Å². The molecule has 1 aliphatic heterocycles. The van der Waals surface area contributed by atoms with Crippen molar-refractivity contribution in [3.8, 4) is 0 Å². The molecule has 2 bridgehead atoms. The van der Waals surface area contributed by atoms with Crippen LogP contribution in [-0.2, 0) is 19.0 Å². The summed E-state index contributed by atoms with van der Waals surface area (Å²) in [6.45, 7) is 5.56. The van der Waals surface area contributed by atoms with Crippen molar-refractivity contribution in [3.63, 3.8) is 0 Å². The summed E-state index contributed by atoms with van der Waals surface area (Å²) >= 11 is -0.0370. The molecule has 0 spiro atoms. The first kappa shape index (κ1) is 24.5. The Bertz CT molecular complexity index is 1050. The van der Waals surface area contributed by atoms with E-state index in [4.69, 9.17) is 14.2 Å². The van der Waals surface area contributed by atoms with Gasteiger partial charge in [-0.2, -0.15) is 0 Å². The Morgan fingerprint density at radius 2 is 1.56 bits per heavy atom. The Balaban J connectivity index is 1.87. The van der Waals surface area contributed by atoms with Gasteiger partial charge in [-0.15, -0.1) is 0 Å². The summed E-state index contributed by atoms with van der Waals surface area (Å²) in [6.07, 6.45) is 0.917. The van der Waals surface area contributed by atoms with Gasteiger partial charge in [0, 0.05) is 0 Å². The van der Waals surface area contributed by atoms with Crippen LogP contribution in [0.1, 0.15) is 32.3 Å². The number of hydrogen-bond donors (Lipinski definition) is 0. The van der Waals surface area contributed by atoms with Gasteiger partial charge in [-0.3, -0.25) is 0 Å². The van der Waals surface area contributed by atoms with Crippen LogP contribution in [0.4, 0.5) is 4.79 Å². The zero-order valence-corrected chi connectivity index (χ0v) is 21.8. The SMILES string of the molecule is COC(=O)C1=CC(c2ccccc2)C2C([Se]c3ccccc3)C1C(OC)N2C(=O)OC(C)(C)C. The van der Waals surface area contributed by atoms with Crippen LogP contribution in [0, 0.1) is 5.92 Å². The summed E-state index contributed by atoms with van der Waals surface area (Å²) in [6, 6.07) is 20.0. The van der Waals surface area contributed by atoms with Crippen LogP contribution in [0.2, 0.25) is 4.82 Å². The molecule has 5 atom stereocenters. The topological polar surface area (TPSA) is 65.1 Å². The summed E-state index contributed by atoms with van der Waals surface area (Å²) in [5.74, 6) is -0.892. The monoisotopic (exact) mass is 529 g/mol. The van der Waals surface area contributed by atoms with E-state index in [-0.39, 0.29) is 43.6 Å². The van der Waals surface area contributed by atoms with Crippen molar-refractivity contribution in [1.29, 1.82) is 0 Å². The van der Waals surface area contributed by atoms with Crippen molar-refractivity contribution < 1.29 is 23.8 Å². The van der Waals surface area contributed by atoms with E-state index in [1.165, 1.54) is 11.6 Å². The molecule has 5 unspecified atom stereocenters. The Morgan fingerprint density at radius 1 is 0.941 bits per heavy atom. The second kappa shape index (κ2) is 9.95. The predicted molar refractivity (Wildman–Crippen MR) is 131 cm³/mol. The maximum atomic E-state index is 13.6. The van der Waals surface area contributed by atoms with Gasteiger partial charge in [0.15, 0.2) is 0 Å². The molecule has 1 aliphatic carbocycles. The molecule has 2 aromatic carbocycles. The van der Waals surface area contributed by atoms with Gasteiger partial charge in [0.05, 0.1) is 0 Å². The van der Waals surface area contributed by atoms with Gasteiger partial charge in [-0.05, 0) is 0 Å². The van der Waals surface area contributed by atoms with Gasteiger partial charge in [0.2, 0.25) is 0 Å². The van der Waals surface area contributed by atoms with Crippen LogP contribution in [0.5, 0.6) is 0 Å². The van der Waals surface area contributed by atoms with E-state index in [1.54, 1.807) is 12.0 Å². The molecule has 1 heterocycles. The van der Waals surface area contributed by atoms with Crippen molar-refractivity contribution in [2.45, 2.75) is 49.4 Å². The number of benzene rings is 2. The third kappa shape index (κ3) is 4.78. The van der Waals surface area contributed by atoms with Crippen molar-refractivity contribution in [2.75, 3.05) is 14.2 Å². The zero-order chi connectivity index (χ0) is 24.5. The van der Waals surface area contributed by atoms with E-state index in [1.807, 2.05) is 75.4 Å². The number of ether oxygens (including phenoxy) is 3. The van der Waals surface area contributed by atoms with Crippen LogP contribution in [0.15, 0.2) is 72.3 Å². The van der Waals surface area contributed by atoms with Gasteiger partial charge in [-0.1, -0.05) is 0 Å². The minimum atomic E-state index is -0.660. The van der Waals surface area contributed by atoms with Gasteiger partial charge in [0.1, 0.15) is 0 Å². The number of esters is 1. The second-order valence-corrected chi connectivity index (χ2v) is 12.1. The molecule has 7 heteroatoms. The number of nitrogens with zero attached hydrogens (tertiary/aromatic N) is 1. The number of carbonyl (C=O) groups excluding carboxylic acids is 2. The number of methoxy groups -OCH3 is 2. The number of fused-ring (bicyclic) bond motifs is 2. The Hall–Kier alpha value is -2.60. The Morgan fingerprint density at radius 3 is 2.12 bits per heavy atom. The first-order valence-electron chi connectivity index (χ1n) is 11.4. The van der Waals surface area contributed by atoms with Crippen molar-refractivity contribution in [1.82, 2.24) is 4.90 Å². The molecule has 0 saturated carbocycles. The second-order valence-electron chi connectivity index (χ2n) is 9.48. The molecule has 4 rings (SSSR count). The van der Waals surface area contributed by atoms with Crippen molar-refractivity contribution in [3.05, 3.63) is 77.9 Å². The third-order valence-electron chi connectivity index (χ3n) is 6.15. The van der Waals surface area contributed by atoms with Gasteiger partial charge in [0.25, 0.3) is 0 Å².